The summed E-state index contributed by atoms with van der Waals surface area (Å²) < 4.78 is 38.3. The maximum absolute atomic E-state index is 13.3. The van der Waals surface area contributed by atoms with E-state index in [9.17, 15) is 8.42 Å². The van der Waals surface area contributed by atoms with Crippen molar-refractivity contribution in [2.75, 3.05) is 24.9 Å². The lowest BCUT2D eigenvalue weighted by Crippen LogP contribution is -2.18. The van der Waals surface area contributed by atoms with Crippen LogP contribution < -0.4 is 20.1 Å². The van der Waals surface area contributed by atoms with Crippen molar-refractivity contribution < 1.29 is 17.9 Å². The zero-order chi connectivity index (χ0) is 24.0. The third-order valence-corrected chi connectivity index (χ3v) is 6.68. The van der Waals surface area contributed by atoms with Crippen LogP contribution >= 0.6 is 0 Å². The van der Waals surface area contributed by atoms with Crippen molar-refractivity contribution in [1.29, 1.82) is 0 Å². The lowest BCUT2D eigenvalue weighted by molar-refractivity contribution is 0.410. The average molecular weight is 480 g/mol. The summed E-state index contributed by atoms with van der Waals surface area (Å²) in [5.41, 5.74) is 1.73. The Bertz CT molecular complexity index is 1360. The fourth-order valence-electron chi connectivity index (χ4n) is 3.39. The molecule has 0 saturated heterocycles. The van der Waals surface area contributed by atoms with Crippen LogP contribution in [0.25, 0.3) is 0 Å². The van der Waals surface area contributed by atoms with Gasteiger partial charge in [0.05, 0.1) is 19.1 Å². The third kappa shape index (κ3) is 4.96. The van der Waals surface area contributed by atoms with Gasteiger partial charge in [-0.3, -0.25) is 0 Å². The van der Waals surface area contributed by atoms with Crippen LogP contribution in [0.15, 0.2) is 83.8 Å². The highest BCUT2D eigenvalue weighted by molar-refractivity contribution is 7.90. The molecule has 0 unspecified atom stereocenters. The maximum atomic E-state index is 13.3. The smallest absolute Gasteiger partial charge is 0.286 e. The zero-order valence-electron chi connectivity index (χ0n) is 18.8. The fourth-order valence-corrected chi connectivity index (χ4v) is 4.61. The molecule has 0 amide bonds. The summed E-state index contributed by atoms with van der Waals surface area (Å²) in [5.74, 6) is 1.63. The molecule has 2 N–H and O–H groups in total. The van der Waals surface area contributed by atoms with Crippen LogP contribution in [0.3, 0.4) is 0 Å². The molecule has 0 fully saturated rings. The van der Waals surface area contributed by atoms with Gasteiger partial charge in [-0.25, -0.2) is 0 Å². The molecule has 1 aromatic heterocycles. The molecule has 0 bridgehead atoms. The number of benzene rings is 3. The van der Waals surface area contributed by atoms with Gasteiger partial charge in [0.1, 0.15) is 11.5 Å². The Hall–Kier alpha value is -4.05. The van der Waals surface area contributed by atoms with Crippen molar-refractivity contribution in [3.05, 3.63) is 90.0 Å². The van der Waals surface area contributed by atoms with Crippen molar-refractivity contribution in [1.82, 2.24) is 14.2 Å². The van der Waals surface area contributed by atoms with E-state index in [1.165, 1.54) is 12.1 Å². The number of para-hydroxylation sites is 2. The molecule has 4 rings (SSSR count). The topological polar surface area (TPSA) is 107 Å². The summed E-state index contributed by atoms with van der Waals surface area (Å²) in [6, 6.07) is 23.1. The monoisotopic (exact) mass is 479 g/mol. The van der Waals surface area contributed by atoms with Gasteiger partial charge in [0.25, 0.3) is 10.0 Å². The quantitative estimate of drug-likeness (QED) is 0.354. The van der Waals surface area contributed by atoms with Crippen LogP contribution in [0, 0.1) is 0 Å². The second-order valence-corrected chi connectivity index (χ2v) is 9.02. The van der Waals surface area contributed by atoms with E-state index in [-0.39, 0.29) is 16.8 Å². The van der Waals surface area contributed by atoms with Crippen LogP contribution in [0.4, 0.5) is 11.9 Å². The van der Waals surface area contributed by atoms with E-state index in [4.69, 9.17) is 9.47 Å². The molecular weight excluding hydrogens is 454 g/mol. The summed E-state index contributed by atoms with van der Waals surface area (Å²) in [6.07, 6.45) is 0. The molecule has 0 aliphatic rings. The van der Waals surface area contributed by atoms with E-state index in [1.54, 1.807) is 32.4 Å². The Balaban J connectivity index is 1.65. The van der Waals surface area contributed by atoms with Gasteiger partial charge in [-0.15, -0.1) is 9.19 Å². The Labute approximate surface area is 198 Å². The summed E-state index contributed by atoms with van der Waals surface area (Å²) in [7, 11) is -0.800. The van der Waals surface area contributed by atoms with Gasteiger partial charge in [-0.1, -0.05) is 54.6 Å². The summed E-state index contributed by atoms with van der Waals surface area (Å²) >= 11 is 0. The first kappa shape index (κ1) is 23.1. The van der Waals surface area contributed by atoms with Gasteiger partial charge in [-0.05, 0) is 24.3 Å². The second kappa shape index (κ2) is 10.3. The lowest BCUT2D eigenvalue weighted by Gasteiger charge is -2.11. The van der Waals surface area contributed by atoms with E-state index in [0.29, 0.717) is 24.6 Å². The molecule has 0 spiro atoms. The summed E-state index contributed by atoms with van der Waals surface area (Å²) in [6.45, 7) is 0.643. The van der Waals surface area contributed by atoms with E-state index >= 15 is 0 Å². The minimum Gasteiger partial charge on any atom is -0.496 e. The Morgan fingerprint density at radius 2 is 1.29 bits per heavy atom. The fraction of sp³-hybridized carbons (Fsp3) is 0.167. The van der Waals surface area contributed by atoms with E-state index in [2.05, 4.69) is 20.7 Å². The molecule has 0 saturated carbocycles. The molecule has 176 valence electrons. The van der Waals surface area contributed by atoms with Crippen molar-refractivity contribution in [2.24, 2.45) is 0 Å². The maximum Gasteiger partial charge on any atom is 0.286 e. The number of nitrogens with zero attached hydrogens (tertiary/aromatic N) is 3. The van der Waals surface area contributed by atoms with Crippen LogP contribution in [0.5, 0.6) is 11.5 Å². The van der Waals surface area contributed by atoms with Crippen molar-refractivity contribution in [3.8, 4) is 11.5 Å². The average Bonchev–Trinajstić information content (AvgIpc) is 3.31. The largest absolute Gasteiger partial charge is 0.496 e. The number of methoxy groups -OCH3 is 2. The lowest BCUT2D eigenvalue weighted by atomic mass is 10.2. The van der Waals surface area contributed by atoms with Crippen LogP contribution in [-0.2, 0) is 23.1 Å². The first-order valence-electron chi connectivity index (χ1n) is 10.5. The molecule has 0 aliphatic heterocycles. The van der Waals surface area contributed by atoms with Crippen molar-refractivity contribution >= 4 is 21.9 Å². The third-order valence-electron chi connectivity index (χ3n) is 5.11. The molecule has 0 radical (unpaired) electrons. The van der Waals surface area contributed by atoms with Crippen LogP contribution in [0.1, 0.15) is 11.1 Å². The number of hydrogen-bond donors (Lipinski definition) is 2. The molecule has 9 nitrogen and oxygen atoms in total. The first-order chi connectivity index (χ1) is 16.5. The normalized spacial score (nSPS) is 11.1. The van der Waals surface area contributed by atoms with Crippen molar-refractivity contribution in [2.45, 2.75) is 18.0 Å². The highest BCUT2D eigenvalue weighted by atomic mass is 32.2. The second-order valence-electron chi connectivity index (χ2n) is 7.25. The predicted molar refractivity (Wildman–Crippen MR) is 130 cm³/mol. The van der Waals surface area contributed by atoms with E-state index in [1.807, 2.05) is 48.5 Å². The highest BCUT2D eigenvalue weighted by Crippen LogP contribution is 2.23. The van der Waals surface area contributed by atoms with E-state index in [0.717, 1.165) is 15.2 Å². The minimum atomic E-state index is -3.98. The van der Waals surface area contributed by atoms with Gasteiger partial charge in [0, 0.05) is 24.2 Å². The Kier molecular flexibility index (Phi) is 6.98. The van der Waals surface area contributed by atoms with Gasteiger partial charge in [0.2, 0.25) is 11.9 Å². The predicted octanol–water partition coefficient (Wildman–Crippen LogP) is 3.76. The molecular formula is C24H25N5O4S. The number of ether oxygens (including phenoxy) is 2. The number of aromatic nitrogens is 3. The molecule has 34 heavy (non-hydrogen) atoms. The van der Waals surface area contributed by atoms with Crippen LogP contribution in [-0.4, -0.2) is 36.8 Å². The molecule has 10 heteroatoms. The molecule has 0 aliphatic carbocycles. The SMILES string of the molecule is COc1ccccc1CNc1nc(NCc2ccccc2OC)n(S(=O)(=O)c2ccccc2)n1. The minimum absolute atomic E-state index is 0.0808. The number of rotatable bonds is 10. The first-order valence-corrected chi connectivity index (χ1v) is 12.0. The Morgan fingerprint density at radius 3 is 1.88 bits per heavy atom. The standard InChI is InChI=1S/C24H25N5O4S/c1-32-21-14-8-6-10-18(21)16-25-23-27-24(26-17-19-11-7-9-15-22(19)33-2)29(28-23)34(30,31)20-12-4-3-5-13-20/h3-15H,16-17H2,1-2H3,(H2,25,26,27,28). The summed E-state index contributed by atoms with van der Waals surface area (Å²) in [4.78, 5) is 4.52. The molecule has 0 atom stereocenters. The highest BCUT2D eigenvalue weighted by Gasteiger charge is 2.24. The van der Waals surface area contributed by atoms with Gasteiger partial charge >= 0.3 is 0 Å². The van der Waals surface area contributed by atoms with Crippen molar-refractivity contribution in [3.63, 3.8) is 0 Å². The number of anilines is 2. The van der Waals surface area contributed by atoms with Gasteiger partial charge in [-0.2, -0.15) is 13.4 Å². The molecule has 4 aromatic rings. The van der Waals surface area contributed by atoms with Gasteiger partial charge < -0.3 is 20.1 Å². The Morgan fingerprint density at radius 1 is 0.765 bits per heavy atom. The number of nitrogens with one attached hydrogen (secondary N) is 2. The van der Waals surface area contributed by atoms with Crippen LogP contribution in [0.2, 0.25) is 0 Å². The zero-order valence-corrected chi connectivity index (χ0v) is 19.6. The van der Waals surface area contributed by atoms with Gasteiger partial charge in [0.15, 0.2) is 0 Å². The number of hydrogen-bond acceptors (Lipinski definition) is 8. The summed E-state index contributed by atoms with van der Waals surface area (Å²) in [5, 5.41) is 10.4. The molecule has 1 heterocycles. The van der Waals surface area contributed by atoms with E-state index < -0.39 is 10.0 Å². The molecule has 3 aromatic carbocycles.